The number of hydrogen-bond donors (Lipinski definition) is 0. The number of carbonyl (C=O) groups excluding carboxylic acids is 2. The molecule has 1 aliphatic heterocycles. The predicted molar refractivity (Wildman–Crippen MR) is 119 cm³/mol. The van der Waals surface area contributed by atoms with Crippen molar-refractivity contribution >= 4 is 52.1 Å². The lowest BCUT2D eigenvalue weighted by Gasteiger charge is -2.16. The summed E-state index contributed by atoms with van der Waals surface area (Å²) < 4.78 is 5.33. The summed E-state index contributed by atoms with van der Waals surface area (Å²) in [5.41, 5.74) is 1.69. The fourth-order valence-electron chi connectivity index (χ4n) is 3.14. The first-order valence-corrected chi connectivity index (χ1v) is 10.5. The number of anilines is 1. The second kappa shape index (κ2) is 8.41. The van der Waals surface area contributed by atoms with E-state index >= 15 is 0 Å². The zero-order valence-corrected chi connectivity index (χ0v) is 17.8. The molecular formula is C22H15ClN2O5S. The number of thioether (sulfide) groups is 1. The number of nitro benzene ring substituents is 1. The maximum atomic E-state index is 13.3. The molecule has 0 unspecified atom stereocenters. The number of hydrogen-bond acceptors (Lipinski definition) is 6. The molecule has 0 saturated carbocycles. The van der Waals surface area contributed by atoms with Crippen LogP contribution in [0.4, 0.5) is 11.4 Å². The van der Waals surface area contributed by atoms with Gasteiger partial charge < -0.3 is 4.42 Å². The van der Waals surface area contributed by atoms with E-state index in [-0.39, 0.29) is 16.2 Å². The summed E-state index contributed by atoms with van der Waals surface area (Å²) in [6, 6.07) is 14.0. The Kier molecular flexibility index (Phi) is 5.67. The molecule has 2 aromatic carbocycles. The summed E-state index contributed by atoms with van der Waals surface area (Å²) in [6.07, 6.45) is 1.53. The maximum absolute atomic E-state index is 13.3. The van der Waals surface area contributed by atoms with Gasteiger partial charge in [-0.05, 0) is 54.4 Å². The van der Waals surface area contributed by atoms with Gasteiger partial charge in [-0.15, -0.1) is 11.8 Å². The fourth-order valence-corrected chi connectivity index (χ4v) is 4.33. The van der Waals surface area contributed by atoms with Crippen molar-refractivity contribution in [3.63, 3.8) is 0 Å². The molecule has 156 valence electrons. The largest absolute Gasteiger partial charge is 0.468 e. The zero-order valence-electron chi connectivity index (χ0n) is 16.2. The van der Waals surface area contributed by atoms with Crippen LogP contribution in [-0.2, 0) is 15.3 Å². The van der Waals surface area contributed by atoms with Crippen molar-refractivity contribution in [1.82, 2.24) is 0 Å². The Morgan fingerprint density at radius 2 is 1.84 bits per heavy atom. The van der Waals surface area contributed by atoms with Gasteiger partial charge in [-0.2, -0.15) is 0 Å². The van der Waals surface area contributed by atoms with E-state index in [1.54, 1.807) is 30.3 Å². The molecule has 9 heteroatoms. The number of nitrogens with zero attached hydrogens (tertiary/aromatic N) is 2. The van der Waals surface area contributed by atoms with Crippen LogP contribution in [-0.4, -0.2) is 16.7 Å². The Morgan fingerprint density at radius 3 is 2.45 bits per heavy atom. The van der Waals surface area contributed by atoms with E-state index in [1.165, 1.54) is 42.3 Å². The monoisotopic (exact) mass is 454 g/mol. The lowest BCUT2D eigenvalue weighted by atomic mass is 10.1. The van der Waals surface area contributed by atoms with Crippen LogP contribution >= 0.6 is 23.4 Å². The molecular weight excluding hydrogens is 440 g/mol. The molecule has 0 fully saturated rings. The second-order valence-electron chi connectivity index (χ2n) is 6.76. The van der Waals surface area contributed by atoms with Gasteiger partial charge in [-0.3, -0.25) is 19.7 Å². The van der Waals surface area contributed by atoms with E-state index in [4.69, 9.17) is 16.0 Å². The average molecular weight is 455 g/mol. The normalized spacial score (nSPS) is 13.9. The first kappa shape index (κ1) is 20.9. The van der Waals surface area contributed by atoms with E-state index in [2.05, 4.69) is 0 Å². The molecule has 0 aliphatic carbocycles. The SMILES string of the molecule is Cc1ccc(N2C(=O)C(SCc3ccco3)=C(c3ccc([N+](=O)[O-])cc3)C2=O)cc1Cl. The van der Waals surface area contributed by atoms with Crippen molar-refractivity contribution in [3.05, 3.63) is 97.8 Å². The van der Waals surface area contributed by atoms with Crippen LogP contribution in [0, 0.1) is 17.0 Å². The standard InChI is InChI=1S/C22H15ClN2O5S/c1-13-4-7-16(11-18(13)23)24-21(26)19(14-5-8-15(9-6-14)25(28)29)20(22(24)27)31-12-17-3-2-10-30-17/h2-11H,12H2,1H3. The maximum Gasteiger partial charge on any atom is 0.272 e. The van der Waals surface area contributed by atoms with Crippen LogP contribution in [0.1, 0.15) is 16.9 Å². The molecule has 0 N–H and O–H groups in total. The number of aryl methyl sites for hydroxylation is 1. The van der Waals surface area contributed by atoms with Gasteiger partial charge >= 0.3 is 0 Å². The second-order valence-corrected chi connectivity index (χ2v) is 8.15. The molecule has 1 aliphatic rings. The first-order chi connectivity index (χ1) is 14.9. The lowest BCUT2D eigenvalue weighted by molar-refractivity contribution is -0.384. The quantitative estimate of drug-likeness (QED) is 0.282. The summed E-state index contributed by atoms with van der Waals surface area (Å²) in [5.74, 6) is 0.00790. The summed E-state index contributed by atoms with van der Waals surface area (Å²) in [6.45, 7) is 1.82. The number of imide groups is 1. The van der Waals surface area contributed by atoms with Crippen molar-refractivity contribution in [1.29, 1.82) is 0 Å². The van der Waals surface area contributed by atoms with Gasteiger partial charge in [0, 0.05) is 17.2 Å². The number of non-ortho nitro benzene ring substituents is 1. The topological polar surface area (TPSA) is 93.7 Å². The van der Waals surface area contributed by atoms with Crippen molar-refractivity contribution in [2.45, 2.75) is 12.7 Å². The third-order valence-electron chi connectivity index (χ3n) is 4.76. The molecule has 0 atom stereocenters. The molecule has 2 amide bonds. The van der Waals surface area contributed by atoms with Gasteiger partial charge in [0.05, 0.1) is 33.1 Å². The predicted octanol–water partition coefficient (Wildman–Crippen LogP) is 5.37. The third kappa shape index (κ3) is 3.99. The fraction of sp³-hybridized carbons (Fsp3) is 0.0909. The highest BCUT2D eigenvalue weighted by Crippen LogP contribution is 2.40. The number of carbonyl (C=O) groups is 2. The molecule has 1 aromatic heterocycles. The lowest BCUT2D eigenvalue weighted by Crippen LogP contribution is -2.31. The highest BCUT2D eigenvalue weighted by molar-refractivity contribution is 8.03. The van der Waals surface area contributed by atoms with E-state index < -0.39 is 16.7 Å². The minimum Gasteiger partial charge on any atom is -0.468 e. The van der Waals surface area contributed by atoms with Crippen molar-refractivity contribution in [2.75, 3.05) is 4.90 Å². The van der Waals surface area contributed by atoms with Gasteiger partial charge in [-0.25, -0.2) is 4.90 Å². The van der Waals surface area contributed by atoms with Gasteiger partial charge in [0.2, 0.25) is 0 Å². The Labute approximate surface area is 186 Å². The average Bonchev–Trinajstić information content (AvgIpc) is 3.35. The van der Waals surface area contributed by atoms with Crippen LogP contribution in [0.3, 0.4) is 0 Å². The molecule has 7 nitrogen and oxygen atoms in total. The molecule has 0 bridgehead atoms. The van der Waals surface area contributed by atoms with E-state index in [0.717, 1.165) is 10.5 Å². The van der Waals surface area contributed by atoms with Crippen molar-refractivity contribution in [2.24, 2.45) is 0 Å². The van der Waals surface area contributed by atoms with Gasteiger partial charge in [0.25, 0.3) is 17.5 Å². The first-order valence-electron chi connectivity index (χ1n) is 9.16. The summed E-state index contributed by atoms with van der Waals surface area (Å²) >= 11 is 7.39. The summed E-state index contributed by atoms with van der Waals surface area (Å²) in [4.78, 5) is 38.4. The molecule has 0 radical (unpaired) electrons. The number of furan rings is 1. The molecule has 0 saturated heterocycles. The number of benzene rings is 2. The van der Waals surface area contributed by atoms with Crippen molar-refractivity contribution in [3.8, 4) is 0 Å². The number of rotatable bonds is 6. The summed E-state index contributed by atoms with van der Waals surface area (Å²) in [5, 5.41) is 11.4. The Morgan fingerprint density at radius 1 is 1.10 bits per heavy atom. The number of halogens is 1. The van der Waals surface area contributed by atoms with Crippen LogP contribution in [0.2, 0.25) is 5.02 Å². The Balaban J connectivity index is 1.76. The van der Waals surface area contributed by atoms with Gasteiger partial charge in [-0.1, -0.05) is 17.7 Å². The highest BCUT2D eigenvalue weighted by atomic mass is 35.5. The van der Waals surface area contributed by atoms with Gasteiger partial charge in [0.15, 0.2) is 0 Å². The zero-order chi connectivity index (χ0) is 22.1. The number of amides is 2. The molecule has 4 rings (SSSR count). The van der Waals surface area contributed by atoms with E-state index in [9.17, 15) is 19.7 Å². The smallest absolute Gasteiger partial charge is 0.272 e. The minimum atomic E-state index is -0.521. The molecule has 3 aromatic rings. The molecule has 31 heavy (non-hydrogen) atoms. The Hall–Kier alpha value is -3.36. The van der Waals surface area contributed by atoms with E-state index in [0.29, 0.717) is 27.8 Å². The molecule has 2 heterocycles. The van der Waals surface area contributed by atoms with E-state index in [1.807, 2.05) is 6.92 Å². The van der Waals surface area contributed by atoms with Gasteiger partial charge in [0.1, 0.15) is 5.76 Å². The van der Waals surface area contributed by atoms with Crippen LogP contribution in [0.15, 0.2) is 70.2 Å². The Bertz CT molecular complexity index is 1220. The van der Waals surface area contributed by atoms with Crippen LogP contribution in [0.25, 0.3) is 5.57 Å². The van der Waals surface area contributed by atoms with Crippen molar-refractivity contribution < 1.29 is 18.9 Å². The number of nitro groups is 1. The third-order valence-corrected chi connectivity index (χ3v) is 6.26. The van der Waals surface area contributed by atoms with Crippen LogP contribution < -0.4 is 4.90 Å². The minimum absolute atomic E-state index is 0.104. The van der Waals surface area contributed by atoms with Crippen LogP contribution in [0.5, 0.6) is 0 Å². The molecule has 0 spiro atoms. The summed E-state index contributed by atoms with van der Waals surface area (Å²) in [7, 11) is 0. The highest BCUT2D eigenvalue weighted by Gasteiger charge is 2.40.